The van der Waals surface area contributed by atoms with Crippen LogP contribution in [0.5, 0.6) is 0 Å². The van der Waals surface area contributed by atoms with Crippen molar-refractivity contribution in [2.45, 2.75) is 10.7 Å². The van der Waals surface area contributed by atoms with Crippen molar-refractivity contribution < 1.29 is 26.4 Å². The van der Waals surface area contributed by atoms with Gasteiger partial charge in [-0.25, -0.2) is 17.8 Å². The number of amides is 1. The summed E-state index contributed by atoms with van der Waals surface area (Å²) in [5, 5.41) is 2.38. The molecule has 1 heterocycles. The van der Waals surface area contributed by atoms with Gasteiger partial charge in [-0.3, -0.25) is 4.79 Å². The summed E-state index contributed by atoms with van der Waals surface area (Å²) in [7, 11) is -4.68. The lowest BCUT2D eigenvalue weighted by Crippen LogP contribution is -2.14. The molecule has 2 aromatic rings. The fraction of sp³-hybridized carbons (Fsp3) is 0.0769. The minimum atomic E-state index is -4.68. The van der Waals surface area contributed by atoms with E-state index in [0.29, 0.717) is 0 Å². The predicted molar refractivity (Wildman–Crippen MR) is 71.8 cm³/mol. The fourth-order valence-electron chi connectivity index (χ4n) is 1.54. The number of benzene rings is 1. The highest BCUT2D eigenvalue weighted by atomic mass is 32.2. The summed E-state index contributed by atoms with van der Waals surface area (Å²) in [6, 6.07) is 6.46. The number of sulfone groups is 1. The van der Waals surface area contributed by atoms with Gasteiger partial charge in [-0.2, -0.15) is 8.78 Å². The van der Waals surface area contributed by atoms with Crippen molar-refractivity contribution in [3.8, 4) is 0 Å². The Morgan fingerprint density at radius 1 is 1.09 bits per heavy atom. The first kappa shape index (κ1) is 16.0. The molecule has 0 saturated heterocycles. The summed E-state index contributed by atoms with van der Waals surface area (Å²) in [6.07, 6.45) is 0.868. The summed E-state index contributed by atoms with van der Waals surface area (Å²) in [5.41, 5.74) is 0.134. The molecule has 0 fully saturated rings. The molecule has 1 N–H and O–H groups in total. The number of carbonyl (C=O) groups is 1. The number of carbonyl (C=O) groups excluding carboxylic acids is 1. The molecule has 0 aliphatic heterocycles. The molecule has 0 spiro atoms. The first-order valence-corrected chi connectivity index (χ1v) is 7.40. The van der Waals surface area contributed by atoms with Gasteiger partial charge in [-0.1, -0.05) is 0 Å². The molecule has 1 aromatic heterocycles. The predicted octanol–water partition coefficient (Wildman–Crippen LogP) is 2.47. The van der Waals surface area contributed by atoms with Crippen molar-refractivity contribution in [3.05, 3.63) is 54.1 Å². The van der Waals surface area contributed by atoms with Gasteiger partial charge in [0.2, 0.25) is 9.84 Å². The molecule has 5 nitrogen and oxygen atoms in total. The second-order valence-corrected chi connectivity index (χ2v) is 6.06. The highest BCUT2D eigenvalue weighted by molar-refractivity contribution is 7.91. The number of alkyl halides is 2. The van der Waals surface area contributed by atoms with Gasteiger partial charge in [0, 0.05) is 5.69 Å². The summed E-state index contributed by atoms with van der Waals surface area (Å²) < 4.78 is 59.9. The van der Waals surface area contributed by atoms with Crippen LogP contribution in [0.3, 0.4) is 0 Å². The smallest absolute Gasteiger partial charge is 0.321 e. The lowest BCUT2D eigenvalue weighted by atomic mass is 10.3. The Morgan fingerprint density at radius 2 is 1.73 bits per heavy atom. The van der Waals surface area contributed by atoms with Gasteiger partial charge in [-0.15, -0.1) is 0 Å². The molecule has 0 atom stereocenters. The van der Waals surface area contributed by atoms with E-state index >= 15 is 0 Å². The third-order valence-electron chi connectivity index (χ3n) is 2.64. The Labute approximate surface area is 123 Å². The van der Waals surface area contributed by atoms with Crippen LogP contribution >= 0.6 is 0 Å². The number of nitrogens with zero attached hydrogens (tertiary/aromatic N) is 1. The van der Waals surface area contributed by atoms with Gasteiger partial charge < -0.3 is 5.32 Å². The summed E-state index contributed by atoms with van der Waals surface area (Å²) >= 11 is 0. The van der Waals surface area contributed by atoms with Gasteiger partial charge in [0.1, 0.15) is 11.5 Å². The van der Waals surface area contributed by atoms with Gasteiger partial charge in [0.15, 0.2) is 0 Å². The molecular weight excluding hydrogens is 321 g/mol. The van der Waals surface area contributed by atoms with Crippen molar-refractivity contribution in [3.63, 3.8) is 0 Å². The van der Waals surface area contributed by atoms with Crippen LogP contribution in [-0.2, 0) is 9.84 Å². The second kappa shape index (κ2) is 6.14. The Kier molecular flexibility index (Phi) is 4.45. The number of nitrogens with one attached hydrogen (secondary N) is 1. The van der Waals surface area contributed by atoms with Gasteiger partial charge in [-0.05, 0) is 36.4 Å². The Balaban J connectivity index is 2.15. The highest BCUT2D eigenvalue weighted by Gasteiger charge is 2.26. The number of hydrogen-bond acceptors (Lipinski definition) is 4. The Bertz CT molecular complexity index is 775. The second-order valence-electron chi connectivity index (χ2n) is 4.15. The minimum absolute atomic E-state index is 0.0503. The van der Waals surface area contributed by atoms with Crippen molar-refractivity contribution in [1.29, 1.82) is 0 Å². The van der Waals surface area contributed by atoms with Gasteiger partial charge >= 0.3 is 5.76 Å². The van der Waals surface area contributed by atoms with Crippen LogP contribution in [0.25, 0.3) is 0 Å². The molecule has 0 aliphatic carbocycles. The van der Waals surface area contributed by atoms with E-state index in [0.717, 1.165) is 36.5 Å². The Morgan fingerprint density at radius 3 is 2.23 bits per heavy atom. The maximum absolute atomic E-state index is 12.7. The van der Waals surface area contributed by atoms with E-state index in [-0.39, 0.29) is 11.4 Å². The lowest BCUT2D eigenvalue weighted by molar-refractivity contribution is 0.102. The molecule has 22 heavy (non-hydrogen) atoms. The third-order valence-corrected chi connectivity index (χ3v) is 4.03. The standard InChI is InChI=1S/C13H9F3N2O3S/c14-8-1-6-11(17-7-8)12(19)18-9-2-4-10(5-3-9)22(20,21)13(15)16/h1-7,13H,(H,18,19). The van der Waals surface area contributed by atoms with E-state index in [1.165, 1.54) is 6.07 Å². The van der Waals surface area contributed by atoms with E-state index in [1.54, 1.807) is 0 Å². The van der Waals surface area contributed by atoms with E-state index in [4.69, 9.17) is 0 Å². The van der Waals surface area contributed by atoms with E-state index < -0.39 is 32.2 Å². The zero-order valence-electron chi connectivity index (χ0n) is 10.8. The molecule has 116 valence electrons. The molecule has 1 amide bonds. The molecule has 0 radical (unpaired) electrons. The zero-order chi connectivity index (χ0) is 16.3. The fourth-order valence-corrected chi connectivity index (χ4v) is 2.26. The average Bonchev–Trinajstić information content (AvgIpc) is 2.48. The van der Waals surface area contributed by atoms with Crippen LogP contribution in [0.15, 0.2) is 47.5 Å². The van der Waals surface area contributed by atoms with E-state index in [2.05, 4.69) is 10.3 Å². The van der Waals surface area contributed by atoms with E-state index in [1.807, 2.05) is 0 Å². The average molecular weight is 330 g/mol. The minimum Gasteiger partial charge on any atom is -0.321 e. The molecule has 9 heteroatoms. The number of anilines is 1. The molecule has 0 bridgehead atoms. The first-order valence-electron chi connectivity index (χ1n) is 5.86. The molecule has 0 unspecified atom stereocenters. The van der Waals surface area contributed by atoms with Crippen molar-refractivity contribution in [2.75, 3.05) is 5.32 Å². The lowest BCUT2D eigenvalue weighted by Gasteiger charge is -2.06. The Hall–Kier alpha value is -2.42. The zero-order valence-corrected chi connectivity index (χ0v) is 11.6. The molecule has 1 aromatic carbocycles. The van der Waals surface area contributed by atoms with Crippen LogP contribution in [-0.4, -0.2) is 25.1 Å². The van der Waals surface area contributed by atoms with Crippen LogP contribution in [0.1, 0.15) is 10.5 Å². The molecular formula is C13H9F3N2O3S. The monoisotopic (exact) mass is 330 g/mol. The summed E-state index contributed by atoms with van der Waals surface area (Å²) in [4.78, 5) is 14.8. The van der Waals surface area contributed by atoms with Crippen molar-refractivity contribution in [1.82, 2.24) is 4.98 Å². The number of pyridine rings is 1. The number of halogens is 3. The first-order chi connectivity index (χ1) is 10.3. The molecule has 2 rings (SSSR count). The number of aromatic nitrogens is 1. The molecule has 0 saturated carbocycles. The third kappa shape index (κ3) is 3.42. The summed E-state index contributed by atoms with van der Waals surface area (Å²) in [6.45, 7) is 0. The summed E-state index contributed by atoms with van der Waals surface area (Å²) in [5.74, 6) is -4.76. The number of hydrogen-bond donors (Lipinski definition) is 1. The van der Waals surface area contributed by atoms with Crippen LogP contribution in [0.2, 0.25) is 0 Å². The normalized spacial score (nSPS) is 11.5. The maximum atomic E-state index is 12.7. The highest BCUT2D eigenvalue weighted by Crippen LogP contribution is 2.20. The largest absolute Gasteiger partial charge is 0.341 e. The topological polar surface area (TPSA) is 76.1 Å². The van der Waals surface area contributed by atoms with E-state index in [9.17, 15) is 26.4 Å². The number of rotatable bonds is 4. The quantitative estimate of drug-likeness (QED) is 0.934. The SMILES string of the molecule is O=C(Nc1ccc(S(=O)(=O)C(F)F)cc1)c1ccc(F)cn1. The van der Waals surface area contributed by atoms with Gasteiger partial charge in [0.25, 0.3) is 5.91 Å². The van der Waals surface area contributed by atoms with Crippen LogP contribution < -0.4 is 5.32 Å². The molecule has 0 aliphatic rings. The maximum Gasteiger partial charge on any atom is 0.341 e. The van der Waals surface area contributed by atoms with Crippen LogP contribution in [0, 0.1) is 5.82 Å². The van der Waals surface area contributed by atoms with Crippen LogP contribution in [0.4, 0.5) is 18.9 Å². The van der Waals surface area contributed by atoms with Crippen molar-refractivity contribution in [2.24, 2.45) is 0 Å². The van der Waals surface area contributed by atoms with Crippen molar-refractivity contribution >= 4 is 21.4 Å². The van der Waals surface area contributed by atoms with Gasteiger partial charge in [0.05, 0.1) is 11.1 Å².